The molecule has 0 saturated carbocycles. The number of rotatable bonds is 5. The summed E-state index contributed by atoms with van der Waals surface area (Å²) in [7, 11) is 0. The number of ether oxygens (including phenoxy) is 1. The molecule has 2 aromatic carbocycles. The summed E-state index contributed by atoms with van der Waals surface area (Å²) in [6.45, 7) is 1.85. The molecule has 0 fully saturated rings. The van der Waals surface area contributed by atoms with E-state index in [1.165, 1.54) is 12.1 Å². The van der Waals surface area contributed by atoms with Gasteiger partial charge in [0, 0.05) is 6.07 Å². The molecule has 0 atom stereocenters. The fourth-order valence-electron chi connectivity index (χ4n) is 2.64. The Balaban J connectivity index is 2.17. The zero-order valence-electron chi connectivity index (χ0n) is 14.7. The van der Waals surface area contributed by atoms with E-state index in [4.69, 9.17) is 4.74 Å². The number of nitro groups is 1. The predicted octanol–water partition coefficient (Wildman–Crippen LogP) is 3.00. The number of nitrogens with one attached hydrogen (secondary N) is 1. The molecule has 0 aliphatic rings. The standard InChI is InChI=1S/C19H14N4O5/c1-2-28-16-9-11(8-15(17(16)24)23(26)27)7-12(10-20)18-21-14-6-4-3-5-13(14)19(25)22-18/h3-9,24H,2H2,1H3,(H,21,22,25)/b12-7-. The van der Waals surface area contributed by atoms with Crippen LogP contribution < -0.4 is 10.3 Å². The number of fused-ring (bicyclic) bond motifs is 1. The summed E-state index contributed by atoms with van der Waals surface area (Å²) in [5, 5.41) is 31.0. The smallest absolute Gasteiger partial charge is 0.315 e. The molecule has 0 amide bonds. The van der Waals surface area contributed by atoms with E-state index in [0.29, 0.717) is 10.9 Å². The lowest BCUT2D eigenvalue weighted by Crippen LogP contribution is -2.11. The maximum Gasteiger partial charge on any atom is 0.315 e. The summed E-state index contributed by atoms with van der Waals surface area (Å²) >= 11 is 0. The number of phenols is 1. The van der Waals surface area contributed by atoms with Gasteiger partial charge in [-0.05, 0) is 36.8 Å². The molecule has 28 heavy (non-hydrogen) atoms. The Labute approximate surface area is 158 Å². The van der Waals surface area contributed by atoms with E-state index in [9.17, 15) is 25.3 Å². The topological polar surface area (TPSA) is 142 Å². The van der Waals surface area contributed by atoms with E-state index >= 15 is 0 Å². The number of aromatic nitrogens is 2. The molecule has 0 saturated heterocycles. The Kier molecular flexibility index (Phi) is 5.04. The highest BCUT2D eigenvalue weighted by molar-refractivity contribution is 5.89. The van der Waals surface area contributed by atoms with E-state index in [1.807, 2.05) is 6.07 Å². The van der Waals surface area contributed by atoms with E-state index in [1.54, 1.807) is 31.2 Å². The molecule has 0 spiro atoms. The number of aromatic amines is 1. The highest BCUT2D eigenvalue weighted by Crippen LogP contribution is 2.38. The van der Waals surface area contributed by atoms with Crippen LogP contribution in [0.3, 0.4) is 0 Å². The summed E-state index contributed by atoms with van der Waals surface area (Å²) < 4.78 is 5.23. The minimum Gasteiger partial charge on any atom is -0.500 e. The van der Waals surface area contributed by atoms with Crippen molar-refractivity contribution in [2.45, 2.75) is 6.92 Å². The van der Waals surface area contributed by atoms with E-state index in [2.05, 4.69) is 9.97 Å². The van der Waals surface area contributed by atoms with Crippen molar-refractivity contribution in [3.05, 3.63) is 68.3 Å². The lowest BCUT2D eigenvalue weighted by Gasteiger charge is -2.08. The summed E-state index contributed by atoms with van der Waals surface area (Å²) in [4.78, 5) is 29.5. The highest BCUT2D eigenvalue weighted by atomic mass is 16.6. The van der Waals surface area contributed by atoms with Crippen LogP contribution in [0, 0.1) is 21.4 Å². The molecular weight excluding hydrogens is 364 g/mol. The molecule has 3 rings (SSSR count). The summed E-state index contributed by atoms with van der Waals surface area (Å²) in [5.74, 6) is -0.653. The largest absolute Gasteiger partial charge is 0.500 e. The summed E-state index contributed by atoms with van der Waals surface area (Å²) in [5.41, 5.74) is -0.331. The van der Waals surface area contributed by atoms with Crippen molar-refractivity contribution in [3.8, 4) is 17.6 Å². The molecule has 1 aromatic heterocycles. The third-order valence-electron chi connectivity index (χ3n) is 3.87. The molecule has 0 radical (unpaired) electrons. The highest BCUT2D eigenvalue weighted by Gasteiger charge is 2.20. The van der Waals surface area contributed by atoms with Crippen molar-refractivity contribution >= 4 is 28.2 Å². The van der Waals surface area contributed by atoms with Gasteiger partial charge < -0.3 is 14.8 Å². The van der Waals surface area contributed by atoms with Crippen LogP contribution in [0.2, 0.25) is 0 Å². The minimum absolute atomic E-state index is 0.00899. The van der Waals surface area contributed by atoms with Crippen molar-refractivity contribution < 1.29 is 14.8 Å². The molecule has 1 heterocycles. The molecule has 9 nitrogen and oxygen atoms in total. The van der Waals surface area contributed by atoms with E-state index in [-0.39, 0.29) is 29.3 Å². The molecule has 0 aliphatic carbocycles. The molecule has 9 heteroatoms. The van der Waals surface area contributed by atoms with Crippen molar-refractivity contribution in [2.24, 2.45) is 0 Å². The SMILES string of the molecule is CCOc1cc(/C=C(/C#N)c2nc3ccccc3c(=O)[nH]2)cc([N+](=O)[O-])c1O. The zero-order chi connectivity index (χ0) is 20.3. The van der Waals surface area contributed by atoms with Crippen molar-refractivity contribution in [3.63, 3.8) is 0 Å². The van der Waals surface area contributed by atoms with Crippen molar-refractivity contribution in [1.82, 2.24) is 9.97 Å². The summed E-state index contributed by atoms with van der Waals surface area (Å²) in [6, 6.07) is 11.1. The van der Waals surface area contributed by atoms with Crippen molar-refractivity contribution in [2.75, 3.05) is 6.61 Å². The van der Waals surface area contributed by atoms with Gasteiger partial charge >= 0.3 is 5.69 Å². The van der Waals surface area contributed by atoms with Gasteiger partial charge in [-0.15, -0.1) is 0 Å². The van der Waals surface area contributed by atoms with Gasteiger partial charge in [0.15, 0.2) is 11.6 Å². The first-order chi connectivity index (χ1) is 13.4. The number of nitriles is 1. The van der Waals surface area contributed by atoms with Crippen LogP contribution in [0.4, 0.5) is 5.69 Å². The average molecular weight is 378 g/mol. The monoisotopic (exact) mass is 378 g/mol. The Morgan fingerprint density at radius 2 is 2.18 bits per heavy atom. The second-order valence-electron chi connectivity index (χ2n) is 5.68. The van der Waals surface area contributed by atoms with E-state index < -0.39 is 21.9 Å². The molecule has 0 unspecified atom stereocenters. The first-order valence-corrected chi connectivity index (χ1v) is 8.20. The number of aromatic hydroxyl groups is 1. The average Bonchev–Trinajstić information content (AvgIpc) is 2.68. The van der Waals surface area contributed by atoms with Gasteiger partial charge in [-0.2, -0.15) is 5.26 Å². The third kappa shape index (κ3) is 3.52. The maximum atomic E-state index is 12.2. The predicted molar refractivity (Wildman–Crippen MR) is 102 cm³/mol. The Morgan fingerprint density at radius 3 is 2.86 bits per heavy atom. The van der Waals surface area contributed by atoms with Crippen molar-refractivity contribution in [1.29, 1.82) is 5.26 Å². The molecule has 140 valence electrons. The van der Waals surface area contributed by atoms with Crippen LogP contribution in [0.25, 0.3) is 22.6 Å². The van der Waals surface area contributed by atoms with Crippen LogP contribution in [0.15, 0.2) is 41.2 Å². The van der Waals surface area contributed by atoms with Gasteiger partial charge in [-0.1, -0.05) is 12.1 Å². The number of benzene rings is 2. The molecule has 0 bridgehead atoms. The van der Waals surface area contributed by atoms with Gasteiger partial charge in [0.25, 0.3) is 5.56 Å². The van der Waals surface area contributed by atoms with Gasteiger partial charge in [0.2, 0.25) is 5.75 Å². The Morgan fingerprint density at radius 1 is 1.43 bits per heavy atom. The quantitative estimate of drug-likeness (QED) is 0.395. The fourth-order valence-corrected chi connectivity index (χ4v) is 2.64. The first kappa shape index (κ1) is 18.6. The lowest BCUT2D eigenvalue weighted by atomic mass is 10.1. The van der Waals surface area contributed by atoms with Gasteiger partial charge in [-0.3, -0.25) is 14.9 Å². The van der Waals surface area contributed by atoms with Crippen LogP contribution in [-0.2, 0) is 0 Å². The number of nitrogens with zero attached hydrogens (tertiary/aromatic N) is 3. The molecule has 0 aliphatic heterocycles. The second kappa shape index (κ2) is 7.59. The fraction of sp³-hybridized carbons (Fsp3) is 0.105. The van der Waals surface area contributed by atoms with Crippen LogP contribution in [0.1, 0.15) is 18.3 Å². The second-order valence-corrected chi connectivity index (χ2v) is 5.68. The maximum absolute atomic E-state index is 12.2. The number of para-hydroxylation sites is 1. The number of phenolic OH excluding ortho intramolecular Hbond substituents is 1. The summed E-state index contributed by atoms with van der Waals surface area (Å²) in [6.07, 6.45) is 1.32. The number of hydrogen-bond donors (Lipinski definition) is 2. The van der Waals surface area contributed by atoms with E-state index in [0.717, 1.165) is 6.07 Å². The molecule has 2 N–H and O–H groups in total. The van der Waals surface area contributed by atoms with Crippen LogP contribution >= 0.6 is 0 Å². The number of hydrogen-bond acceptors (Lipinski definition) is 7. The Hall–Kier alpha value is -4.19. The molecular formula is C19H14N4O5. The zero-order valence-corrected chi connectivity index (χ0v) is 14.7. The Bertz CT molecular complexity index is 1210. The third-order valence-corrected chi connectivity index (χ3v) is 3.87. The molecule has 3 aromatic rings. The minimum atomic E-state index is -0.753. The first-order valence-electron chi connectivity index (χ1n) is 8.20. The lowest BCUT2D eigenvalue weighted by molar-refractivity contribution is -0.386. The van der Waals surface area contributed by atoms with Crippen LogP contribution in [-0.4, -0.2) is 26.6 Å². The number of H-pyrrole nitrogens is 1. The number of nitro benzene ring substituents is 1. The van der Waals surface area contributed by atoms with Gasteiger partial charge in [0.1, 0.15) is 6.07 Å². The van der Waals surface area contributed by atoms with Crippen LogP contribution in [0.5, 0.6) is 11.5 Å². The normalized spacial score (nSPS) is 11.2. The van der Waals surface area contributed by atoms with Gasteiger partial charge in [0.05, 0.1) is 28.0 Å². The van der Waals surface area contributed by atoms with Gasteiger partial charge in [-0.25, -0.2) is 4.98 Å². The number of allylic oxidation sites excluding steroid dienone is 1.